The Kier molecular flexibility index (Phi) is 10.0. The maximum atomic E-state index is 12.6. The van der Waals surface area contributed by atoms with Gasteiger partial charge in [0.15, 0.2) is 11.5 Å². The highest BCUT2D eigenvalue weighted by Gasteiger charge is 2.26. The SMILES string of the molecule is COc1cc(C(=O)Oc2ccc(/C=C(\CCc3cc(N)cc(N)c3)C(=O)O)cc2)ccc1OCCCC(F)(F)F. The Bertz CT molecular complexity index is 1350. The number of methoxy groups -OCH3 is 1. The Hall–Kier alpha value is -4.67. The van der Waals surface area contributed by atoms with E-state index in [1.807, 2.05) is 0 Å². The highest BCUT2D eigenvalue weighted by molar-refractivity contribution is 5.93. The number of carbonyl (C=O) groups excluding carboxylic acids is 1. The van der Waals surface area contributed by atoms with Crippen LogP contribution >= 0.6 is 0 Å². The molecule has 0 amide bonds. The maximum absolute atomic E-state index is 12.6. The largest absolute Gasteiger partial charge is 0.493 e. The second kappa shape index (κ2) is 13.4. The number of halogens is 3. The molecule has 0 aromatic heterocycles. The second-order valence-electron chi connectivity index (χ2n) is 8.87. The molecular weight excluding hydrogens is 529 g/mol. The molecule has 0 aliphatic rings. The van der Waals surface area contributed by atoms with E-state index in [4.69, 9.17) is 25.7 Å². The summed E-state index contributed by atoms with van der Waals surface area (Å²) < 4.78 is 52.9. The minimum Gasteiger partial charge on any atom is -0.493 e. The second-order valence-corrected chi connectivity index (χ2v) is 8.87. The van der Waals surface area contributed by atoms with Gasteiger partial charge < -0.3 is 30.8 Å². The first-order valence-corrected chi connectivity index (χ1v) is 12.2. The molecule has 0 saturated carbocycles. The Balaban J connectivity index is 1.62. The van der Waals surface area contributed by atoms with Gasteiger partial charge in [-0.05, 0) is 85.0 Å². The molecule has 0 bridgehead atoms. The average Bonchev–Trinajstić information content (AvgIpc) is 2.88. The van der Waals surface area contributed by atoms with Gasteiger partial charge in [0, 0.05) is 23.4 Å². The first-order chi connectivity index (χ1) is 18.9. The Morgan fingerprint density at radius 2 is 1.62 bits per heavy atom. The number of carbonyl (C=O) groups is 2. The number of esters is 1. The van der Waals surface area contributed by atoms with Gasteiger partial charge in [-0.1, -0.05) is 12.1 Å². The monoisotopic (exact) mass is 558 g/mol. The number of carboxylic acids is 1. The van der Waals surface area contributed by atoms with Gasteiger partial charge in [0.2, 0.25) is 0 Å². The fourth-order valence-electron chi connectivity index (χ4n) is 3.78. The lowest BCUT2D eigenvalue weighted by atomic mass is 10.0. The number of aliphatic carboxylic acids is 1. The number of anilines is 2. The number of hydrogen-bond donors (Lipinski definition) is 3. The summed E-state index contributed by atoms with van der Waals surface area (Å²) in [5.74, 6) is -1.16. The zero-order chi connectivity index (χ0) is 29.3. The lowest BCUT2D eigenvalue weighted by Gasteiger charge is -2.13. The van der Waals surface area contributed by atoms with Crippen LogP contribution in [0.15, 0.2) is 66.2 Å². The lowest BCUT2D eigenvalue weighted by Crippen LogP contribution is -2.11. The summed E-state index contributed by atoms with van der Waals surface area (Å²) >= 11 is 0. The fraction of sp³-hybridized carbons (Fsp3) is 0.241. The van der Waals surface area contributed by atoms with E-state index < -0.39 is 24.5 Å². The first kappa shape index (κ1) is 29.9. The Morgan fingerprint density at radius 1 is 0.950 bits per heavy atom. The van der Waals surface area contributed by atoms with E-state index in [2.05, 4.69) is 0 Å². The zero-order valence-corrected chi connectivity index (χ0v) is 21.7. The number of alkyl halides is 3. The summed E-state index contributed by atoms with van der Waals surface area (Å²) in [6.45, 7) is -0.167. The van der Waals surface area contributed by atoms with Crippen LogP contribution in [0.25, 0.3) is 6.08 Å². The normalized spacial score (nSPS) is 11.7. The van der Waals surface area contributed by atoms with Gasteiger partial charge in [0.25, 0.3) is 0 Å². The fourth-order valence-corrected chi connectivity index (χ4v) is 3.78. The van der Waals surface area contributed by atoms with Crippen LogP contribution in [0.3, 0.4) is 0 Å². The van der Waals surface area contributed by atoms with Crippen molar-refractivity contribution in [2.75, 3.05) is 25.2 Å². The highest BCUT2D eigenvalue weighted by Crippen LogP contribution is 2.30. The summed E-state index contributed by atoms with van der Waals surface area (Å²) in [5, 5.41) is 9.62. The molecule has 0 aliphatic carbocycles. The van der Waals surface area contributed by atoms with E-state index in [1.165, 1.54) is 43.5 Å². The third-order valence-electron chi connectivity index (χ3n) is 5.69. The standard InChI is InChI=1S/C29H29F3N2O6/c1-38-26-16-21(7-10-25(26)39-12-2-11-29(30,31)32)28(37)40-24-8-4-18(5-9-24)13-20(27(35)36)6-3-19-14-22(33)17-23(34)15-19/h4-5,7-10,13-17H,2-3,6,11-12,33-34H2,1H3,(H,35,36)/b20-13+. The minimum absolute atomic E-state index is 0.138. The molecule has 11 heteroatoms. The smallest absolute Gasteiger partial charge is 0.389 e. The maximum Gasteiger partial charge on any atom is 0.389 e. The van der Waals surface area contributed by atoms with Crippen LogP contribution in [0.4, 0.5) is 24.5 Å². The molecule has 0 saturated heterocycles. The summed E-state index contributed by atoms with van der Waals surface area (Å²) in [4.78, 5) is 24.4. The van der Waals surface area contributed by atoms with E-state index in [-0.39, 0.29) is 47.8 Å². The van der Waals surface area contributed by atoms with Crippen LogP contribution in [0.5, 0.6) is 17.2 Å². The molecule has 3 aromatic carbocycles. The predicted molar refractivity (Wildman–Crippen MR) is 144 cm³/mol. The van der Waals surface area contributed by atoms with Crippen molar-refractivity contribution in [2.24, 2.45) is 0 Å². The van der Waals surface area contributed by atoms with Crippen LogP contribution in [-0.2, 0) is 11.2 Å². The van der Waals surface area contributed by atoms with Crippen LogP contribution in [0.1, 0.15) is 40.7 Å². The van der Waals surface area contributed by atoms with E-state index in [1.54, 1.807) is 30.3 Å². The number of hydrogen-bond acceptors (Lipinski definition) is 7. The summed E-state index contributed by atoms with van der Waals surface area (Å²) in [7, 11) is 1.34. The van der Waals surface area contributed by atoms with Crippen molar-refractivity contribution in [2.45, 2.75) is 31.9 Å². The van der Waals surface area contributed by atoms with Gasteiger partial charge in [0.05, 0.1) is 19.3 Å². The van der Waals surface area contributed by atoms with E-state index >= 15 is 0 Å². The number of ether oxygens (including phenoxy) is 3. The molecule has 0 spiro atoms. The molecule has 5 N–H and O–H groups in total. The van der Waals surface area contributed by atoms with Crippen molar-refractivity contribution in [3.8, 4) is 17.2 Å². The number of aryl methyl sites for hydroxylation is 1. The van der Waals surface area contributed by atoms with Gasteiger partial charge in [0.1, 0.15) is 5.75 Å². The van der Waals surface area contributed by atoms with Crippen molar-refractivity contribution < 1.29 is 42.1 Å². The quantitative estimate of drug-likeness (QED) is 0.0822. The molecule has 0 aliphatic heterocycles. The number of rotatable bonds is 12. The highest BCUT2D eigenvalue weighted by atomic mass is 19.4. The van der Waals surface area contributed by atoms with E-state index in [9.17, 15) is 27.9 Å². The molecule has 0 fully saturated rings. The lowest BCUT2D eigenvalue weighted by molar-refractivity contribution is -0.136. The van der Waals surface area contributed by atoms with Crippen LogP contribution < -0.4 is 25.7 Å². The summed E-state index contributed by atoms with van der Waals surface area (Å²) in [6, 6.07) is 15.6. The molecule has 0 atom stereocenters. The van der Waals surface area contributed by atoms with Crippen LogP contribution in [0, 0.1) is 0 Å². The topological polar surface area (TPSA) is 134 Å². The van der Waals surface area contributed by atoms with Crippen molar-refractivity contribution >= 4 is 29.4 Å². The molecule has 0 heterocycles. The van der Waals surface area contributed by atoms with Gasteiger partial charge in [-0.25, -0.2) is 9.59 Å². The van der Waals surface area contributed by atoms with E-state index in [0.717, 1.165) is 5.56 Å². The van der Waals surface area contributed by atoms with Crippen molar-refractivity contribution in [1.29, 1.82) is 0 Å². The van der Waals surface area contributed by atoms with E-state index in [0.29, 0.717) is 23.4 Å². The van der Waals surface area contributed by atoms with Gasteiger partial charge in [-0.3, -0.25) is 0 Å². The molecule has 8 nitrogen and oxygen atoms in total. The Morgan fingerprint density at radius 3 is 2.23 bits per heavy atom. The predicted octanol–water partition coefficient (Wildman–Crippen LogP) is 5.90. The molecule has 212 valence electrons. The molecular formula is C29H29F3N2O6. The van der Waals surface area contributed by atoms with Crippen molar-refractivity contribution in [1.82, 2.24) is 0 Å². The number of benzene rings is 3. The number of nitrogens with two attached hydrogens (primary N) is 2. The van der Waals surface area contributed by atoms with Gasteiger partial charge in [-0.15, -0.1) is 0 Å². The molecule has 3 aromatic rings. The van der Waals surface area contributed by atoms with Gasteiger partial charge in [-0.2, -0.15) is 13.2 Å². The Labute approximate surface area is 229 Å². The molecule has 0 radical (unpaired) electrons. The van der Waals surface area contributed by atoms with Crippen molar-refractivity contribution in [3.63, 3.8) is 0 Å². The van der Waals surface area contributed by atoms with Crippen molar-refractivity contribution in [3.05, 3.63) is 82.9 Å². The first-order valence-electron chi connectivity index (χ1n) is 12.2. The zero-order valence-electron chi connectivity index (χ0n) is 21.7. The van der Waals surface area contributed by atoms with Crippen LogP contribution in [-0.4, -0.2) is 36.9 Å². The molecule has 3 rings (SSSR count). The number of nitrogen functional groups attached to an aromatic ring is 2. The average molecular weight is 559 g/mol. The summed E-state index contributed by atoms with van der Waals surface area (Å²) in [6.07, 6.45) is -3.23. The van der Waals surface area contributed by atoms with Crippen LogP contribution in [0.2, 0.25) is 0 Å². The van der Waals surface area contributed by atoms with Gasteiger partial charge >= 0.3 is 18.1 Å². The third kappa shape index (κ3) is 9.26. The molecule has 0 unspecified atom stereocenters. The third-order valence-corrected chi connectivity index (χ3v) is 5.69. The summed E-state index contributed by atoms with van der Waals surface area (Å²) in [5.41, 5.74) is 14.3. The molecule has 40 heavy (non-hydrogen) atoms. The number of carboxylic acid groups (broad SMARTS) is 1. The minimum atomic E-state index is -4.26.